The summed E-state index contributed by atoms with van der Waals surface area (Å²) in [6.07, 6.45) is 0. The van der Waals surface area contributed by atoms with Gasteiger partial charge in [-0.05, 0) is 50.2 Å². The van der Waals surface area contributed by atoms with Gasteiger partial charge in [-0.1, -0.05) is 0 Å². The highest BCUT2D eigenvalue weighted by molar-refractivity contribution is 7.89. The summed E-state index contributed by atoms with van der Waals surface area (Å²) in [5.74, 6) is 1.02. The van der Waals surface area contributed by atoms with Gasteiger partial charge in [-0.25, -0.2) is 12.7 Å². The molecule has 0 saturated heterocycles. The molecule has 2 rings (SSSR count). The van der Waals surface area contributed by atoms with Crippen LogP contribution in [0.5, 0.6) is 11.5 Å². The van der Waals surface area contributed by atoms with Crippen LogP contribution in [-0.2, 0) is 14.8 Å². The monoisotopic (exact) mass is 421 g/mol. The summed E-state index contributed by atoms with van der Waals surface area (Å²) in [6.45, 7) is 4.82. The molecule has 0 aliphatic carbocycles. The maximum Gasteiger partial charge on any atom is 0.243 e. The smallest absolute Gasteiger partial charge is 0.243 e. The van der Waals surface area contributed by atoms with Gasteiger partial charge in [-0.2, -0.15) is 0 Å². The minimum Gasteiger partial charge on any atom is -0.494 e. The van der Waals surface area contributed by atoms with Crippen molar-refractivity contribution < 1.29 is 22.7 Å². The van der Waals surface area contributed by atoms with E-state index in [0.29, 0.717) is 36.1 Å². The average Bonchev–Trinajstić information content (AvgIpc) is 2.68. The number of carbonyl (C=O) groups is 1. The minimum absolute atomic E-state index is 0.00734. The normalized spacial score (nSPS) is 11.2. The molecule has 29 heavy (non-hydrogen) atoms. The number of nitrogens with zero attached hydrogens (tertiary/aromatic N) is 1. The maximum absolute atomic E-state index is 12.3. The van der Waals surface area contributed by atoms with Crippen LogP contribution < -0.4 is 20.1 Å². The SMILES string of the molecule is CCOc1ccc(OCC)c(NCC(=O)Nc2ccc(S(=O)(=O)N(C)C)cc2)c1. The Hall–Kier alpha value is -2.78. The lowest BCUT2D eigenvalue weighted by molar-refractivity contribution is -0.114. The zero-order valence-electron chi connectivity index (χ0n) is 17.1. The van der Waals surface area contributed by atoms with Crippen molar-refractivity contribution in [2.75, 3.05) is 44.5 Å². The lowest BCUT2D eigenvalue weighted by Crippen LogP contribution is -2.23. The molecule has 0 saturated carbocycles. The van der Waals surface area contributed by atoms with Crippen molar-refractivity contribution >= 4 is 27.3 Å². The molecule has 0 bridgehead atoms. The van der Waals surface area contributed by atoms with Crippen molar-refractivity contribution in [2.45, 2.75) is 18.7 Å². The van der Waals surface area contributed by atoms with Gasteiger partial charge in [-0.3, -0.25) is 4.79 Å². The number of hydrogen-bond donors (Lipinski definition) is 2. The second kappa shape index (κ2) is 10.1. The second-order valence-corrected chi connectivity index (χ2v) is 8.39. The Bertz CT molecular complexity index is 928. The fraction of sp³-hybridized carbons (Fsp3) is 0.350. The number of benzene rings is 2. The van der Waals surface area contributed by atoms with E-state index < -0.39 is 10.0 Å². The van der Waals surface area contributed by atoms with Gasteiger partial charge >= 0.3 is 0 Å². The number of sulfonamides is 1. The molecule has 2 N–H and O–H groups in total. The maximum atomic E-state index is 12.3. The quantitative estimate of drug-likeness (QED) is 0.612. The van der Waals surface area contributed by atoms with Crippen molar-refractivity contribution in [2.24, 2.45) is 0 Å². The second-order valence-electron chi connectivity index (χ2n) is 6.24. The summed E-state index contributed by atoms with van der Waals surface area (Å²) in [6, 6.07) is 11.4. The number of rotatable bonds is 10. The van der Waals surface area contributed by atoms with Crippen LogP contribution in [-0.4, -0.2) is 52.5 Å². The predicted octanol–water partition coefficient (Wildman–Crippen LogP) is 2.78. The first-order chi connectivity index (χ1) is 13.8. The van der Waals surface area contributed by atoms with E-state index in [9.17, 15) is 13.2 Å². The zero-order chi connectivity index (χ0) is 21.4. The molecule has 0 spiro atoms. The third kappa shape index (κ3) is 6.10. The Labute approximate surface area is 171 Å². The van der Waals surface area contributed by atoms with Gasteiger partial charge in [-0.15, -0.1) is 0 Å². The van der Waals surface area contributed by atoms with E-state index in [1.807, 2.05) is 19.9 Å². The fourth-order valence-corrected chi connectivity index (χ4v) is 3.39. The molecule has 0 atom stereocenters. The van der Waals surface area contributed by atoms with Gasteiger partial charge in [0, 0.05) is 25.8 Å². The Balaban J connectivity index is 2.02. The minimum atomic E-state index is -3.51. The van der Waals surface area contributed by atoms with Crippen LogP contribution >= 0.6 is 0 Å². The fourth-order valence-electron chi connectivity index (χ4n) is 2.49. The molecule has 0 aliphatic heterocycles. The van der Waals surface area contributed by atoms with Crippen LogP contribution in [0, 0.1) is 0 Å². The third-order valence-corrected chi connectivity index (χ3v) is 5.75. The Kier molecular flexibility index (Phi) is 7.86. The van der Waals surface area contributed by atoms with Gasteiger partial charge in [0.1, 0.15) is 11.5 Å². The van der Waals surface area contributed by atoms with Crippen LogP contribution in [0.3, 0.4) is 0 Å². The first kappa shape index (κ1) is 22.5. The predicted molar refractivity (Wildman–Crippen MR) is 113 cm³/mol. The molecular weight excluding hydrogens is 394 g/mol. The molecule has 0 heterocycles. The van der Waals surface area contributed by atoms with Crippen molar-refractivity contribution in [1.29, 1.82) is 0 Å². The summed E-state index contributed by atoms with van der Waals surface area (Å²) >= 11 is 0. The van der Waals surface area contributed by atoms with E-state index in [1.165, 1.54) is 26.2 Å². The molecule has 0 fully saturated rings. The van der Waals surface area contributed by atoms with E-state index in [-0.39, 0.29) is 17.3 Å². The van der Waals surface area contributed by atoms with E-state index in [0.717, 1.165) is 4.31 Å². The molecule has 0 aliphatic rings. The summed E-state index contributed by atoms with van der Waals surface area (Å²) < 4.78 is 36.4. The number of carbonyl (C=O) groups excluding carboxylic acids is 1. The number of hydrogen-bond acceptors (Lipinski definition) is 6. The highest BCUT2D eigenvalue weighted by Gasteiger charge is 2.16. The number of anilines is 2. The van der Waals surface area contributed by atoms with Gasteiger partial charge < -0.3 is 20.1 Å². The molecule has 0 radical (unpaired) electrons. The van der Waals surface area contributed by atoms with Gasteiger partial charge in [0.05, 0.1) is 30.3 Å². The topological polar surface area (TPSA) is 97.0 Å². The van der Waals surface area contributed by atoms with Crippen molar-refractivity contribution in [3.05, 3.63) is 42.5 Å². The molecule has 1 amide bonds. The van der Waals surface area contributed by atoms with E-state index in [2.05, 4.69) is 10.6 Å². The van der Waals surface area contributed by atoms with Crippen LogP contribution in [0.1, 0.15) is 13.8 Å². The third-order valence-electron chi connectivity index (χ3n) is 3.92. The largest absolute Gasteiger partial charge is 0.494 e. The lowest BCUT2D eigenvalue weighted by atomic mass is 10.2. The molecule has 158 valence electrons. The van der Waals surface area contributed by atoms with Crippen molar-refractivity contribution in [3.63, 3.8) is 0 Å². The Morgan fingerprint density at radius 3 is 2.24 bits per heavy atom. The molecular formula is C20H27N3O5S. The first-order valence-corrected chi connectivity index (χ1v) is 10.7. The lowest BCUT2D eigenvalue weighted by Gasteiger charge is -2.14. The van der Waals surface area contributed by atoms with Crippen LogP contribution in [0.2, 0.25) is 0 Å². The van der Waals surface area contributed by atoms with Crippen molar-refractivity contribution in [3.8, 4) is 11.5 Å². The Morgan fingerprint density at radius 2 is 1.66 bits per heavy atom. The first-order valence-electron chi connectivity index (χ1n) is 9.23. The molecule has 8 nitrogen and oxygen atoms in total. The standard InChI is InChI=1S/C20H27N3O5S/c1-5-27-16-9-12-19(28-6-2)18(13-16)21-14-20(24)22-15-7-10-17(11-8-15)29(25,26)23(3)4/h7-13,21H,5-6,14H2,1-4H3,(H,22,24). The van der Waals surface area contributed by atoms with Gasteiger partial charge in [0.2, 0.25) is 15.9 Å². The van der Waals surface area contributed by atoms with E-state index >= 15 is 0 Å². The Morgan fingerprint density at radius 1 is 1.00 bits per heavy atom. The highest BCUT2D eigenvalue weighted by atomic mass is 32.2. The zero-order valence-corrected chi connectivity index (χ0v) is 17.9. The summed E-state index contributed by atoms with van der Waals surface area (Å²) in [4.78, 5) is 12.4. The van der Waals surface area contributed by atoms with Gasteiger partial charge in [0.15, 0.2) is 0 Å². The number of ether oxygens (including phenoxy) is 2. The highest BCUT2D eigenvalue weighted by Crippen LogP contribution is 2.29. The summed E-state index contributed by atoms with van der Waals surface area (Å²) in [5, 5.41) is 5.78. The molecule has 0 unspecified atom stereocenters. The van der Waals surface area contributed by atoms with Crippen LogP contribution in [0.15, 0.2) is 47.4 Å². The van der Waals surface area contributed by atoms with Crippen LogP contribution in [0.4, 0.5) is 11.4 Å². The number of nitrogens with one attached hydrogen (secondary N) is 2. The van der Waals surface area contributed by atoms with Crippen LogP contribution in [0.25, 0.3) is 0 Å². The molecule has 9 heteroatoms. The summed E-state index contributed by atoms with van der Waals surface area (Å²) in [7, 11) is -0.573. The molecule has 2 aromatic rings. The van der Waals surface area contributed by atoms with E-state index in [4.69, 9.17) is 9.47 Å². The van der Waals surface area contributed by atoms with Crippen molar-refractivity contribution in [1.82, 2.24) is 4.31 Å². The van der Waals surface area contributed by atoms with E-state index in [1.54, 1.807) is 24.3 Å². The summed E-state index contributed by atoms with van der Waals surface area (Å²) in [5.41, 5.74) is 1.16. The number of amides is 1. The molecule has 0 aromatic heterocycles. The van der Waals surface area contributed by atoms with Gasteiger partial charge in [0.25, 0.3) is 0 Å². The molecule has 2 aromatic carbocycles. The average molecular weight is 422 g/mol.